The van der Waals surface area contributed by atoms with Gasteiger partial charge in [-0.15, -0.1) is 0 Å². The Morgan fingerprint density at radius 2 is 1.73 bits per heavy atom. The van der Waals surface area contributed by atoms with Crippen LogP contribution in [0, 0.1) is 0 Å². The predicted octanol–water partition coefficient (Wildman–Crippen LogP) is 1.15. The van der Waals surface area contributed by atoms with Crippen LogP contribution in [0.2, 0.25) is 0 Å². The van der Waals surface area contributed by atoms with E-state index in [4.69, 9.17) is 4.74 Å². The van der Waals surface area contributed by atoms with Gasteiger partial charge in [-0.2, -0.15) is 4.99 Å². The largest absolute Gasteiger partial charge is 0.493 e. The number of amides is 1. The number of carbonyl (C=O) groups excluding carboxylic acids is 1. The summed E-state index contributed by atoms with van der Waals surface area (Å²) in [6, 6.07) is 11.9. The second kappa shape index (κ2) is 7.77. The third kappa shape index (κ3) is 3.28. The fourth-order valence-electron chi connectivity index (χ4n) is 2.61. The van der Waals surface area contributed by atoms with E-state index >= 15 is 0 Å². The Kier molecular flexibility index (Phi) is 5.71. The maximum atomic E-state index is 12.1. The molecule has 134 valence electrons. The molecule has 0 unspecified atom stereocenters. The summed E-state index contributed by atoms with van der Waals surface area (Å²) in [6.07, 6.45) is 2.20. The first-order chi connectivity index (χ1) is 11.8. The van der Waals surface area contributed by atoms with Gasteiger partial charge in [0.2, 0.25) is 0 Å². The summed E-state index contributed by atoms with van der Waals surface area (Å²) in [5.74, 6) is 0.848. The van der Waals surface area contributed by atoms with Crippen molar-refractivity contribution in [1.82, 2.24) is 0 Å². The van der Waals surface area contributed by atoms with Gasteiger partial charge in [0.05, 0.1) is 12.2 Å². The third-order valence-corrected chi connectivity index (χ3v) is 3.75. The van der Waals surface area contributed by atoms with Gasteiger partial charge in [-0.1, -0.05) is 31.2 Å². The van der Waals surface area contributed by atoms with E-state index in [0.717, 1.165) is 17.2 Å². The van der Waals surface area contributed by atoms with Crippen LogP contribution in [-0.2, 0) is 4.79 Å². The molecule has 2 aromatic rings. The van der Waals surface area contributed by atoms with Gasteiger partial charge in [-0.25, -0.2) is 15.0 Å². The van der Waals surface area contributed by atoms with E-state index in [2.05, 4.69) is 20.0 Å². The van der Waals surface area contributed by atoms with E-state index in [-0.39, 0.29) is 16.7 Å². The molecule has 0 saturated carbocycles. The van der Waals surface area contributed by atoms with Crippen molar-refractivity contribution in [3.63, 3.8) is 0 Å². The number of hydrogen-bond donors (Lipinski definition) is 0. The number of aliphatic imine (C=N–C) groups is 4. The second-order valence-corrected chi connectivity index (χ2v) is 5.44. The first kappa shape index (κ1) is 19.1. The van der Waals surface area contributed by atoms with Crippen molar-refractivity contribution in [2.45, 2.75) is 13.3 Å². The van der Waals surface area contributed by atoms with Crippen LogP contribution in [0.15, 0.2) is 56.4 Å². The Morgan fingerprint density at radius 1 is 1.00 bits per heavy atom. The summed E-state index contributed by atoms with van der Waals surface area (Å²) in [5.41, 5.74) is 0.875. The molecule has 2 aliphatic rings. The second-order valence-electron chi connectivity index (χ2n) is 5.44. The van der Waals surface area contributed by atoms with Gasteiger partial charge in [0, 0.05) is 0 Å². The van der Waals surface area contributed by atoms with Gasteiger partial charge in [0.1, 0.15) is 12.1 Å². The van der Waals surface area contributed by atoms with E-state index in [0.29, 0.717) is 29.6 Å². The zero-order valence-electron chi connectivity index (χ0n) is 14.1. The fourth-order valence-corrected chi connectivity index (χ4v) is 2.61. The van der Waals surface area contributed by atoms with E-state index in [1.165, 1.54) is 6.34 Å². The highest BCUT2D eigenvalue weighted by Crippen LogP contribution is 2.28. The number of nitrogens with zero attached hydrogens (tertiary/aromatic N) is 4. The normalized spacial score (nSPS) is 14.7. The minimum Gasteiger partial charge on any atom is -0.493 e. The zero-order chi connectivity index (χ0) is 16.5. The fraction of sp³-hybridized carbons (Fsp3) is 0.167. The number of fused-ring (bicyclic) bond motifs is 2. The van der Waals surface area contributed by atoms with Crippen LogP contribution in [-0.4, -0.2) is 47.2 Å². The van der Waals surface area contributed by atoms with Gasteiger partial charge in [-0.3, -0.25) is 4.79 Å². The van der Waals surface area contributed by atoms with Crippen molar-refractivity contribution in [3.05, 3.63) is 42.0 Å². The maximum Gasteiger partial charge on any atom is 0.301 e. The number of hydrogen-bond acceptors (Lipinski definition) is 5. The van der Waals surface area contributed by atoms with Gasteiger partial charge in [0.25, 0.3) is 0 Å². The molecule has 0 radical (unpaired) electrons. The Bertz CT molecular complexity index is 976. The first-order valence-electron chi connectivity index (χ1n) is 7.74. The minimum absolute atomic E-state index is 0. The number of benzene rings is 2. The minimum atomic E-state index is -0.429. The molecule has 8 heteroatoms. The molecule has 0 aromatic heterocycles. The smallest absolute Gasteiger partial charge is 0.301 e. The number of ether oxygens (including phenoxy) is 1. The quantitative estimate of drug-likeness (QED) is 0.813. The molecule has 4 N–H and O–H groups in total. The Balaban J connectivity index is 0.00000121. The molecule has 0 saturated heterocycles. The Hall–Kier alpha value is -3.23. The first-order valence-corrected chi connectivity index (χ1v) is 7.74. The molecule has 2 aromatic carbocycles. The average Bonchev–Trinajstić information content (AvgIpc) is 3.08. The lowest BCUT2D eigenvalue weighted by Crippen LogP contribution is -2.26. The molecule has 1 amide bonds. The monoisotopic (exact) mass is 354 g/mol. The van der Waals surface area contributed by atoms with Gasteiger partial charge < -0.3 is 15.7 Å². The molecule has 0 bridgehead atoms. The highest BCUT2D eigenvalue weighted by molar-refractivity contribution is 6.71. The lowest BCUT2D eigenvalue weighted by Gasteiger charge is -2.14. The number of amidine groups is 2. The van der Waals surface area contributed by atoms with Crippen LogP contribution >= 0.6 is 0 Å². The lowest BCUT2D eigenvalue weighted by atomic mass is 10.0. The number of rotatable bonds is 4. The maximum absolute atomic E-state index is 12.1. The summed E-state index contributed by atoms with van der Waals surface area (Å²) in [4.78, 5) is 28.5. The zero-order valence-corrected chi connectivity index (χ0v) is 14.1. The molecule has 2 heterocycles. The van der Waals surface area contributed by atoms with Crippen LogP contribution in [0.3, 0.4) is 0 Å². The molecular weight excluding hydrogens is 336 g/mol. The summed E-state index contributed by atoms with van der Waals surface area (Å²) in [6.45, 7) is 2.62. The summed E-state index contributed by atoms with van der Waals surface area (Å²) in [5, 5.41) is 2.09. The summed E-state index contributed by atoms with van der Waals surface area (Å²) < 4.78 is 5.86. The molecule has 0 atom stereocenters. The van der Waals surface area contributed by atoms with E-state index in [1.54, 1.807) is 0 Å². The lowest BCUT2D eigenvalue weighted by molar-refractivity contribution is -0.111. The van der Waals surface area contributed by atoms with E-state index < -0.39 is 5.91 Å². The Labute approximate surface area is 149 Å². The molecule has 0 spiro atoms. The van der Waals surface area contributed by atoms with Crippen molar-refractivity contribution >= 4 is 40.4 Å². The van der Waals surface area contributed by atoms with Gasteiger partial charge in [-0.05, 0) is 29.3 Å². The van der Waals surface area contributed by atoms with E-state index in [1.807, 2.05) is 43.3 Å². The summed E-state index contributed by atoms with van der Waals surface area (Å²) in [7, 11) is 0. The highest BCUT2D eigenvalue weighted by atomic mass is 16.5. The highest BCUT2D eigenvalue weighted by Gasteiger charge is 2.27. The van der Waals surface area contributed by atoms with Crippen LogP contribution in [0.5, 0.6) is 5.75 Å². The van der Waals surface area contributed by atoms with Crippen LogP contribution in [0.4, 0.5) is 0 Å². The van der Waals surface area contributed by atoms with Crippen LogP contribution in [0.25, 0.3) is 10.8 Å². The topological polar surface area (TPSA) is 139 Å². The Morgan fingerprint density at radius 3 is 2.46 bits per heavy atom. The number of carbonyl (C=O) groups is 1. The van der Waals surface area contributed by atoms with Crippen LogP contribution < -0.4 is 4.74 Å². The third-order valence-electron chi connectivity index (χ3n) is 3.75. The van der Waals surface area contributed by atoms with Crippen molar-refractivity contribution in [2.75, 3.05) is 6.61 Å². The van der Waals surface area contributed by atoms with Gasteiger partial charge in [0.15, 0.2) is 17.4 Å². The SMILES string of the molecule is CCCOc1cc2ccccc2cc1C1=NC(=O)C2=NC=NC2=N1.O.O. The molecule has 0 fully saturated rings. The predicted molar refractivity (Wildman–Crippen MR) is 102 cm³/mol. The van der Waals surface area contributed by atoms with Crippen molar-refractivity contribution < 1.29 is 20.5 Å². The molecule has 4 rings (SSSR count). The summed E-state index contributed by atoms with van der Waals surface area (Å²) >= 11 is 0. The van der Waals surface area contributed by atoms with Crippen molar-refractivity contribution in [3.8, 4) is 5.75 Å². The van der Waals surface area contributed by atoms with Crippen LogP contribution in [0.1, 0.15) is 18.9 Å². The average molecular weight is 354 g/mol. The van der Waals surface area contributed by atoms with E-state index in [9.17, 15) is 4.79 Å². The molecule has 2 aliphatic heterocycles. The standard InChI is InChI=1S/C18H14N4O2.2H2O/c1-2-7-24-14-9-12-6-4-3-5-11(12)8-13(14)16-21-17-15(18(23)22-16)19-10-20-17;;/h3-6,8-10H,2,7H2,1H3;2*1H2. The molecular formula is C18H18N4O4. The molecule has 8 nitrogen and oxygen atoms in total. The van der Waals surface area contributed by atoms with Crippen molar-refractivity contribution in [1.29, 1.82) is 0 Å². The molecule has 26 heavy (non-hydrogen) atoms. The van der Waals surface area contributed by atoms with Crippen molar-refractivity contribution in [2.24, 2.45) is 20.0 Å². The van der Waals surface area contributed by atoms with Gasteiger partial charge >= 0.3 is 5.91 Å². The molecule has 0 aliphatic carbocycles.